The summed E-state index contributed by atoms with van der Waals surface area (Å²) in [6.07, 6.45) is -0.711. The summed E-state index contributed by atoms with van der Waals surface area (Å²) in [5.74, 6) is 0. The fourth-order valence-corrected chi connectivity index (χ4v) is 7.87. The van der Waals surface area contributed by atoms with Crippen LogP contribution in [-0.2, 0) is 21.2 Å². The molecule has 0 spiro atoms. The second-order valence-corrected chi connectivity index (χ2v) is 13.2. The number of primary amides is 1. The molecule has 37 heavy (non-hydrogen) atoms. The second-order valence-electron chi connectivity index (χ2n) is 8.80. The van der Waals surface area contributed by atoms with Gasteiger partial charge in [-0.3, -0.25) is 9.30 Å². The smallest absolute Gasteiger partial charge is 0.404 e. The van der Waals surface area contributed by atoms with Crippen molar-refractivity contribution in [2.24, 2.45) is 10.7 Å². The third-order valence-corrected chi connectivity index (χ3v) is 10.6. The Kier molecular flexibility index (Phi) is 7.02. The van der Waals surface area contributed by atoms with Crippen molar-refractivity contribution in [3.05, 3.63) is 82.9 Å². The maximum Gasteiger partial charge on any atom is 0.404 e. The number of rotatable bonds is 8. The molecule has 1 aliphatic rings. The van der Waals surface area contributed by atoms with Crippen LogP contribution >= 0.6 is 23.1 Å². The number of aliphatic imine (C=N–C) groups is 1. The Bertz CT molecular complexity index is 1560. The number of thioether (sulfide) groups is 1. The number of aryl methyl sites for hydroxylation is 1. The van der Waals surface area contributed by atoms with Crippen molar-refractivity contribution in [2.45, 2.75) is 28.9 Å². The van der Waals surface area contributed by atoms with E-state index in [-0.39, 0.29) is 9.46 Å². The number of nitrogens with two attached hydrogens (primary N) is 1. The van der Waals surface area contributed by atoms with Crippen LogP contribution < -0.4 is 10.0 Å². The lowest BCUT2D eigenvalue weighted by Crippen LogP contribution is -2.34. The van der Waals surface area contributed by atoms with Crippen LogP contribution in [0.5, 0.6) is 0 Å². The number of thiophene rings is 1. The van der Waals surface area contributed by atoms with E-state index in [0.717, 1.165) is 27.3 Å². The molecular weight excluding hydrogens is 529 g/mol. The molecule has 4 aromatic rings. The van der Waals surface area contributed by atoms with Crippen LogP contribution in [0.1, 0.15) is 16.8 Å². The lowest BCUT2D eigenvalue weighted by atomic mass is 10.1. The highest BCUT2D eigenvalue weighted by atomic mass is 32.2. The number of carbonyl (C=O) groups is 1. The average Bonchev–Trinajstić information content (AvgIpc) is 3.63. The van der Waals surface area contributed by atoms with Gasteiger partial charge in [-0.15, -0.1) is 11.3 Å². The number of anilines is 1. The molecule has 2 aromatic heterocycles. The Balaban J connectivity index is 1.42. The monoisotopic (exact) mass is 554 g/mol. The van der Waals surface area contributed by atoms with E-state index in [1.165, 1.54) is 27.4 Å². The van der Waals surface area contributed by atoms with Gasteiger partial charge in [-0.2, -0.15) is 0 Å². The fraction of sp³-hybridized carbons (Fsp3) is 0.231. The first kappa shape index (κ1) is 25.4. The Morgan fingerprint density at radius 1 is 1.22 bits per heavy atom. The molecule has 11 heteroatoms. The van der Waals surface area contributed by atoms with Gasteiger partial charge >= 0.3 is 6.09 Å². The minimum Gasteiger partial charge on any atom is -0.445 e. The van der Waals surface area contributed by atoms with Crippen LogP contribution in [0.15, 0.2) is 75.2 Å². The van der Waals surface area contributed by atoms with E-state index < -0.39 is 22.2 Å². The SMILES string of the molecule is Cc1cc(N(C)S(=O)(=O)c2cccs2)c2[nH]c(C3=NCC(C(Cc4ccccc4)OC(N)=O)S3)cc2c1. The Morgan fingerprint density at radius 3 is 2.70 bits per heavy atom. The first-order valence-corrected chi connectivity index (χ1v) is 14.8. The highest BCUT2D eigenvalue weighted by Crippen LogP contribution is 2.36. The number of hydrogen-bond acceptors (Lipinski definition) is 7. The zero-order valence-corrected chi connectivity index (χ0v) is 22.7. The number of benzene rings is 2. The summed E-state index contributed by atoms with van der Waals surface area (Å²) in [6.45, 7) is 2.41. The van der Waals surface area contributed by atoms with E-state index in [0.29, 0.717) is 24.2 Å². The normalized spacial score (nSPS) is 16.5. The number of nitrogens with zero attached hydrogens (tertiary/aromatic N) is 2. The molecule has 0 fully saturated rings. The van der Waals surface area contributed by atoms with Crippen molar-refractivity contribution in [1.29, 1.82) is 0 Å². The van der Waals surface area contributed by atoms with E-state index in [4.69, 9.17) is 15.5 Å². The number of fused-ring (bicyclic) bond motifs is 1. The molecule has 5 rings (SSSR count). The lowest BCUT2D eigenvalue weighted by molar-refractivity contribution is 0.106. The Morgan fingerprint density at radius 2 is 2.00 bits per heavy atom. The van der Waals surface area contributed by atoms with Crippen molar-refractivity contribution in [1.82, 2.24) is 4.98 Å². The summed E-state index contributed by atoms with van der Waals surface area (Å²) in [4.78, 5) is 19.7. The number of ether oxygens (including phenoxy) is 1. The van der Waals surface area contributed by atoms with Crippen LogP contribution in [0.3, 0.4) is 0 Å². The number of aromatic nitrogens is 1. The Labute approximate surface area is 223 Å². The van der Waals surface area contributed by atoms with Gasteiger partial charge in [0, 0.05) is 18.9 Å². The summed E-state index contributed by atoms with van der Waals surface area (Å²) in [5.41, 5.74) is 9.42. The highest BCUT2D eigenvalue weighted by molar-refractivity contribution is 8.15. The molecular formula is C26H26N4O4S3. The average molecular weight is 555 g/mol. The van der Waals surface area contributed by atoms with Gasteiger partial charge in [0.05, 0.1) is 28.7 Å². The topological polar surface area (TPSA) is 118 Å². The number of H-pyrrole nitrogens is 1. The van der Waals surface area contributed by atoms with Crippen LogP contribution in [0.4, 0.5) is 10.5 Å². The molecule has 8 nitrogen and oxygen atoms in total. The van der Waals surface area contributed by atoms with Crippen LogP contribution in [0.25, 0.3) is 10.9 Å². The van der Waals surface area contributed by atoms with Crippen LogP contribution in [-0.4, -0.2) is 49.5 Å². The van der Waals surface area contributed by atoms with Crippen molar-refractivity contribution >= 4 is 60.8 Å². The third kappa shape index (κ3) is 5.25. The van der Waals surface area contributed by atoms with E-state index in [9.17, 15) is 13.2 Å². The number of sulfonamides is 1. The quantitative estimate of drug-likeness (QED) is 0.320. The van der Waals surface area contributed by atoms with Crippen molar-refractivity contribution in [2.75, 3.05) is 17.9 Å². The van der Waals surface area contributed by atoms with Gasteiger partial charge in [0.2, 0.25) is 0 Å². The largest absolute Gasteiger partial charge is 0.445 e. The molecule has 0 radical (unpaired) electrons. The van der Waals surface area contributed by atoms with Gasteiger partial charge in [0.25, 0.3) is 10.0 Å². The fourth-order valence-electron chi connectivity index (χ4n) is 4.39. The van der Waals surface area contributed by atoms with Gasteiger partial charge in [0.1, 0.15) is 15.4 Å². The van der Waals surface area contributed by atoms with E-state index in [2.05, 4.69) is 4.98 Å². The zero-order chi connectivity index (χ0) is 26.2. The summed E-state index contributed by atoms with van der Waals surface area (Å²) in [6, 6.07) is 19.0. The van der Waals surface area contributed by atoms with Gasteiger partial charge in [0.15, 0.2) is 0 Å². The number of carbonyl (C=O) groups excluding carboxylic acids is 1. The third-order valence-electron chi connectivity index (χ3n) is 6.17. The first-order chi connectivity index (χ1) is 17.7. The molecule has 0 aliphatic carbocycles. The second kappa shape index (κ2) is 10.2. The maximum atomic E-state index is 13.2. The number of aromatic amines is 1. The molecule has 2 atom stereocenters. The standard InChI is InChI=1S/C26H26N4O4S3/c1-16-11-18-14-19(29-24(18)20(12-16)30(2)37(32,33)23-9-6-10-35-23)25-28-15-22(36-25)21(34-26(27)31)13-17-7-4-3-5-8-17/h3-12,14,21-22,29H,13,15H2,1-2H3,(H2,27,31). The first-order valence-electron chi connectivity index (χ1n) is 11.6. The molecule has 0 saturated heterocycles. The zero-order valence-electron chi connectivity index (χ0n) is 20.2. The molecule has 1 aliphatic heterocycles. The number of amides is 1. The summed E-state index contributed by atoms with van der Waals surface area (Å²) >= 11 is 2.71. The summed E-state index contributed by atoms with van der Waals surface area (Å²) in [5, 5.41) is 3.31. The van der Waals surface area contributed by atoms with Gasteiger partial charge in [-0.25, -0.2) is 13.2 Å². The molecule has 0 saturated carbocycles. The van der Waals surface area contributed by atoms with Crippen molar-refractivity contribution < 1.29 is 17.9 Å². The lowest BCUT2D eigenvalue weighted by Gasteiger charge is -2.21. The van der Waals surface area contributed by atoms with Crippen molar-refractivity contribution in [3.63, 3.8) is 0 Å². The van der Waals surface area contributed by atoms with Gasteiger partial charge in [-0.05, 0) is 47.7 Å². The van der Waals surface area contributed by atoms with E-state index in [1.807, 2.05) is 55.5 Å². The molecule has 3 N–H and O–H groups in total. The molecule has 3 heterocycles. The number of nitrogens with one attached hydrogen (secondary N) is 1. The maximum absolute atomic E-state index is 13.2. The molecule has 192 valence electrons. The van der Waals surface area contributed by atoms with Gasteiger partial charge < -0.3 is 15.5 Å². The predicted octanol–water partition coefficient (Wildman–Crippen LogP) is 4.93. The van der Waals surface area contributed by atoms with E-state index >= 15 is 0 Å². The minimum atomic E-state index is -3.69. The predicted molar refractivity (Wildman–Crippen MR) is 150 cm³/mol. The van der Waals surface area contributed by atoms with E-state index in [1.54, 1.807) is 24.6 Å². The summed E-state index contributed by atoms with van der Waals surface area (Å²) < 4.78 is 33.5. The van der Waals surface area contributed by atoms with Crippen molar-refractivity contribution in [3.8, 4) is 0 Å². The number of hydrogen-bond donors (Lipinski definition) is 2. The van der Waals surface area contributed by atoms with Crippen LogP contribution in [0.2, 0.25) is 0 Å². The molecule has 2 aromatic carbocycles. The highest BCUT2D eigenvalue weighted by Gasteiger charge is 2.32. The van der Waals surface area contributed by atoms with Gasteiger partial charge in [-0.1, -0.05) is 48.2 Å². The molecule has 2 unspecified atom stereocenters. The van der Waals surface area contributed by atoms with Crippen LogP contribution in [0, 0.1) is 6.92 Å². The minimum absolute atomic E-state index is 0.0998. The Hall–Kier alpha value is -3.28. The molecule has 1 amide bonds. The summed E-state index contributed by atoms with van der Waals surface area (Å²) in [7, 11) is -2.13. The molecule has 0 bridgehead atoms.